The normalized spacial score (nSPS) is 18.9. The van der Waals surface area contributed by atoms with Crippen LogP contribution in [0.25, 0.3) is 0 Å². The number of ether oxygens (including phenoxy) is 1. The molecule has 5 rings (SSSR count). The van der Waals surface area contributed by atoms with Crippen LogP contribution in [0.4, 0.5) is 23.2 Å². The van der Waals surface area contributed by atoms with Crippen molar-refractivity contribution in [1.82, 2.24) is 9.88 Å². The monoisotopic (exact) mass is 524 g/mol. The average molecular weight is 524 g/mol. The second kappa shape index (κ2) is 9.78. The van der Waals surface area contributed by atoms with Crippen molar-refractivity contribution in [1.29, 1.82) is 5.26 Å². The van der Waals surface area contributed by atoms with Crippen molar-refractivity contribution in [3.63, 3.8) is 0 Å². The van der Waals surface area contributed by atoms with Crippen LogP contribution in [0, 0.1) is 17.1 Å². The molecule has 2 aromatic carbocycles. The number of aromatic nitrogens is 1. The molecule has 0 bridgehead atoms. The molecule has 0 saturated heterocycles. The van der Waals surface area contributed by atoms with Gasteiger partial charge in [0.2, 0.25) is 11.8 Å². The van der Waals surface area contributed by atoms with E-state index in [1.54, 1.807) is 12.1 Å². The molecule has 0 radical (unpaired) electrons. The highest BCUT2D eigenvalue weighted by Gasteiger charge is 2.48. The summed E-state index contributed by atoms with van der Waals surface area (Å²) in [5.74, 6) is -3.39. The van der Waals surface area contributed by atoms with Crippen LogP contribution >= 0.6 is 0 Å². The molecule has 1 N–H and O–H groups in total. The molecule has 1 aromatic heterocycles. The first-order valence-electron chi connectivity index (χ1n) is 11.7. The van der Waals surface area contributed by atoms with Crippen molar-refractivity contribution >= 4 is 17.5 Å². The molecule has 38 heavy (non-hydrogen) atoms. The van der Waals surface area contributed by atoms with E-state index in [0.717, 1.165) is 25.0 Å². The highest BCUT2D eigenvalue weighted by Crippen LogP contribution is 2.44. The third kappa shape index (κ3) is 5.16. The molecular formula is C27H20F4N4O3. The maximum absolute atomic E-state index is 13.8. The van der Waals surface area contributed by atoms with Crippen molar-refractivity contribution < 1.29 is 31.9 Å². The number of halogens is 4. The van der Waals surface area contributed by atoms with E-state index in [2.05, 4.69) is 10.3 Å². The molecule has 3 aromatic rings. The average Bonchev–Trinajstić information content (AvgIpc) is 3.70. The molecule has 2 amide bonds. The molecule has 1 fully saturated rings. The van der Waals surface area contributed by atoms with E-state index in [0.29, 0.717) is 4.90 Å². The molecule has 2 aliphatic rings. The zero-order valence-electron chi connectivity index (χ0n) is 19.7. The van der Waals surface area contributed by atoms with Crippen LogP contribution in [0.2, 0.25) is 0 Å². The number of benzene rings is 2. The Morgan fingerprint density at radius 2 is 1.92 bits per heavy atom. The molecule has 0 unspecified atom stereocenters. The molecule has 1 aliphatic heterocycles. The predicted octanol–water partition coefficient (Wildman–Crippen LogP) is 5.12. The molecule has 0 spiro atoms. The quantitative estimate of drug-likeness (QED) is 0.452. The summed E-state index contributed by atoms with van der Waals surface area (Å²) in [7, 11) is 0. The van der Waals surface area contributed by atoms with Crippen molar-refractivity contribution in [3.05, 3.63) is 88.9 Å². The summed E-state index contributed by atoms with van der Waals surface area (Å²) in [4.78, 5) is 31.8. The van der Waals surface area contributed by atoms with E-state index in [1.165, 1.54) is 42.6 Å². The van der Waals surface area contributed by atoms with Gasteiger partial charge in [-0.05, 0) is 48.2 Å². The third-order valence-electron chi connectivity index (χ3n) is 6.34. The number of pyridine rings is 1. The molecule has 2 atom stereocenters. The van der Waals surface area contributed by atoms with E-state index in [-0.39, 0.29) is 39.9 Å². The largest absolute Gasteiger partial charge is 0.474 e. The van der Waals surface area contributed by atoms with Gasteiger partial charge in [-0.15, -0.1) is 0 Å². The SMILES string of the molecule is N#Cc1cc(NC(=O)[C@H]2c3ccccc3C(=O)N(CC(F)(F)F)[C@@H]2c2ccc(OC3CC3)nc2)ccc1F. The van der Waals surface area contributed by atoms with Gasteiger partial charge in [0.1, 0.15) is 24.5 Å². The minimum absolute atomic E-state index is 0.0355. The highest BCUT2D eigenvalue weighted by atomic mass is 19.4. The van der Waals surface area contributed by atoms with Crippen LogP contribution in [-0.4, -0.2) is 40.5 Å². The van der Waals surface area contributed by atoms with Gasteiger partial charge in [0.25, 0.3) is 5.91 Å². The summed E-state index contributed by atoms with van der Waals surface area (Å²) in [6, 6.07) is 12.6. The van der Waals surface area contributed by atoms with Crippen LogP contribution in [0.3, 0.4) is 0 Å². The maximum atomic E-state index is 13.8. The van der Waals surface area contributed by atoms with Gasteiger partial charge in [-0.25, -0.2) is 9.37 Å². The Kier molecular flexibility index (Phi) is 6.48. The van der Waals surface area contributed by atoms with Gasteiger partial charge in [0, 0.05) is 23.5 Å². The smallest absolute Gasteiger partial charge is 0.406 e. The molecule has 194 valence electrons. The summed E-state index contributed by atoms with van der Waals surface area (Å²) in [5.41, 5.74) is 0.172. The fourth-order valence-electron chi connectivity index (χ4n) is 4.52. The van der Waals surface area contributed by atoms with Gasteiger partial charge in [-0.1, -0.05) is 24.3 Å². The van der Waals surface area contributed by atoms with E-state index in [4.69, 9.17) is 10.00 Å². The van der Waals surface area contributed by atoms with Crippen molar-refractivity contribution in [2.45, 2.75) is 37.1 Å². The zero-order valence-corrected chi connectivity index (χ0v) is 19.7. The van der Waals surface area contributed by atoms with E-state index in [9.17, 15) is 27.2 Å². The molecule has 11 heteroatoms. The van der Waals surface area contributed by atoms with Crippen molar-refractivity contribution in [3.8, 4) is 11.9 Å². The number of fused-ring (bicyclic) bond motifs is 1. The maximum Gasteiger partial charge on any atom is 0.406 e. The van der Waals surface area contributed by atoms with Crippen molar-refractivity contribution in [2.75, 3.05) is 11.9 Å². The van der Waals surface area contributed by atoms with Crippen LogP contribution in [0.1, 0.15) is 51.8 Å². The first kappa shape index (κ1) is 25.2. The first-order valence-corrected chi connectivity index (χ1v) is 11.7. The van der Waals surface area contributed by atoms with Gasteiger partial charge in [-0.3, -0.25) is 9.59 Å². The van der Waals surface area contributed by atoms with E-state index < -0.39 is 42.3 Å². The molecule has 1 saturated carbocycles. The van der Waals surface area contributed by atoms with Crippen LogP contribution in [0.5, 0.6) is 5.88 Å². The number of carbonyl (C=O) groups excluding carboxylic acids is 2. The fourth-order valence-corrected chi connectivity index (χ4v) is 4.52. The number of amides is 2. The number of nitrogens with one attached hydrogen (secondary N) is 1. The second-order valence-electron chi connectivity index (χ2n) is 9.10. The minimum atomic E-state index is -4.75. The Bertz CT molecular complexity index is 1430. The van der Waals surface area contributed by atoms with E-state index in [1.807, 2.05) is 0 Å². The standard InChI is InChI=1S/C27H20F4N4O3/c28-21-9-6-17(11-16(21)12-32)34-25(36)23-19-3-1-2-4-20(19)26(37)35(14-27(29,30)31)24(23)15-5-10-22(33-13-15)38-18-7-8-18/h1-6,9-11,13,18,23-24H,7-8,14H2,(H,34,36)/t23-,24+/m0/s1. The highest BCUT2D eigenvalue weighted by molar-refractivity contribution is 6.04. The van der Waals surface area contributed by atoms with Crippen LogP contribution < -0.4 is 10.1 Å². The van der Waals surface area contributed by atoms with Gasteiger partial charge < -0.3 is 15.0 Å². The fraction of sp³-hybridized carbons (Fsp3) is 0.259. The van der Waals surface area contributed by atoms with Crippen LogP contribution in [0.15, 0.2) is 60.8 Å². The summed E-state index contributed by atoms with van der Waals surface area (Å²) >= 11 is 0. The Labute approximate surface area is 214 Å². The number of nitrogens with zero attached hydrogens (tertiary/aromatic N) is 3. The van der Waals surface area contributed by atoms with Gasteiger partial charge >= 0.3 is 6.18 Å². The molecule has 7 nitrogen and oxygen atoms in total. The molecular weight excluding hydrogens is 504 g/mol. The third-order valence-corrected chi connectivity index (χ3v) is 6.34. The summed E-state index contributed by atoms with van der Waals surface area (Å²) in [5, 5.41) is 11.7. The lowest BCUT2D eigenvalue weighted by Gasteiger charge is -2.41. The Hall–Kier alpha value is -4.46. The number of alkyl halides is 3. The predicted molar refractivity (Wildman–Crippen MR) is 127 cm³/mol. The number of anilines is 1. The molecule has 2 heterocycles. The Morgan fingerprint density at radius 1 is 1.16 bits per heavy atom. The number of hydrogen-bond acceptors (Lipinski definition) is 5. The number of nitriles is 1. The first-order chi connectivity index (χ1) is 18.1. The summed E-state index contributed by atoms with van der Waals surface area (Å²) in [6.45, 7) is -1.59. The Balaban J connectivity index is 1.59. The van der Waals surface area contributed by atoms with Gasteiger partial charge in [0.05, 0.1) is 17.5 Å². The van der Waals surface area contributed by atoms with Gasteiger partial charge in [-0.2, -0.15) is 18.4 Å². The Morgan fingerprint density at radius 3 is 2.58 bits per heavy atom. The summed E-state index contributed by atoms with van der Waals surface area (Å²) in [6.07, 6.45) is -1.63. The topological polar surface area (TPSA) is 95.3 Å². The lowest BCUT2D eigenvalue weighted by atomic mass is 9.79. The lowest BCUT2D eigenvalue weighted by molar-refractivity contribution is -0.148. The van der Waals surface area contributed by atoms with Crippen LogP contribution in [-0.2, 0) is 4.79 Å². The zero-order chi connectivity index (χ0) is 27.0. The lowest BCUT2D eigenvalue weighted by Crippen LogP contribution is -2.49. The van der Waals surface area contributed by atoms with E-state index >= 15 is 0 Å². The van der Waals surface area contributed by atoms with Gasteiger partial charge in [0.15, 0.2) is 0 Å². The number of hydrogen-bond donors (Lipinski definition) is 1. The molecule has 1 aliphatic carbocycles. The number of carbonyl (C=O) groups is 2. The van der Waals surface area contributed by atoms with Crippen molar-refractivity contribution in [2.24, 2.45) is 0 Å². The minimum Gasteiger partial charge on any atom is -0.474 e. The number of rotatable bonds is 6. The second-order valence-corrected chi connectivity index (χ2v) is 9.10. The summed E-state index contributed by atoms with van der Waals surface area (Å²) < 4.78 is 60.5.